The molecule has 0 aliphatic carbocycles. The van der Waals surface area contributed by atoms with Crippen molar-refractivity contribution in [2.75, 3.05) is 26.8 Å². The third-order valence-corrected chi connectivity index (χ3v) is 3.26. The van der Waals surface area contributed by atoms with Crippen molar-refractivity contribution in [1.29, 1.82) is 0 Å². The van der Waals surface area contributed by atoms with Crippen molar-refractivity contribution in [1.82, 2.24) is 9.88 Å². The summed E-state index contributed by atoms with van der Waals surface area (Å²) in [6.07, 6.45) is 1.28. The lowest BCUT2D eigenvalue weighted by atomic mass is 10.2. The number of pyridine rings is 1. The molecule has 0 aromatic carbocycles. The van der Waals surface area contributed by atoms with Crippen LogP contribution in [0.1, 0.15) is 5.69 Å². The molecule has 0 radical (unpaired) electrons. The molecule has 1 unspecified atom stereocenters. The third-order valence-electron chi connectivity index (χ3n) is 2.79. The summed E-state index contributed by atoms with van der Waals surface area (Å²) in [5, 5.41) is 0. The van der Waals surface area contributed by atoms with Gasteiger partial charge in [-0.1, -0.05) is 0 Å². The molecule has 0 amide bonds. The zero-order valence-corrected chi connectivity index (χ0v) is 11.7. The van der Waals surface area contributed by atoms with Crippen LogP contribution in [-0.4, -0.2) is 48.8 Å². The first-order chi connectivity index (χ1) is 8.69. The van der Waals surface area contributed by atoms with Crippen LogP contribution in [-0.2, 0) is 20.8 Å². The maximum atomic E-state index is 11.4. The van der Waals surface area contributed by atoms with Crippen molar-refractivity contribution < 1.29 is 14.3 Å². The van der Waals surface area contributed by atoms with E-state index in [9.17, 15) is 4.79 Å². The molecule has 1 aliphatic rings. The highest BCUT2D eigenvalue weighted by atomic mass is 79.9. The molecule has 1 aromatic heterocycles. The molecule has 1 atom stereocenters. The fraction of sp³-hybridized carbons (Fsp3) is 0.500. The van der Waals surface area contributed by atoms with Gasteiger partial charge in [0.1, 0.15) is 0 Å². The number of hydrogen-bond acceptors (Lipinski definition) is 5. The van der Waals surface area contributed by atoms with Gasteiger partial charge in [0, 0.05) is 30.3 Å². The number of nitrogens with zero attached hydrogens (tertiary/aromatic N) is 2. The predicted molar refractivity (Wildman–Crippen MR) is 69.0 cm³/mol. The van der Waals surface area contributed by atoms with E-state index in [1.165, 1.54) is 7.11 Å². The van der Waals surface area contributed by atoms with Crippen LogP contribution in [0.3, 0.4) is 0 Å². The van der Waals surface area contributed by atoms with Gasteiger partial charge in [0.25, 0.3) is 0 Å². The van der Waals surface area contributed by atoms with Crippen LogP contribution in [0.4, 0.5) is 0 Å². The SMILES string of the molecule is COC(=O)C1CN(Cc2ccc(Br)cn2)CCO1. The third kappa shape index (κ3) is 3.51. The molecule has 0 spiro atoms. The second kappa shape index (κ2) is 6.26. The number of morpholine rings is 1. The van der Waals surface area contributed by atoms with Crippen LogP contribution in [0.15, 0.2) is 22.8 Å². The van der Waals surface area contributed by atoms with E-state index in [4.69, 9.17) is 9.47 Å². The number of methoxy groups -OCH3 is 1. The van der Waals surface area contributed by atoms with E-state index in [0.29, 0.717) is 19.7 Å². The van der Waals surface area contributed by atoms with Gasteiger partial charge in [0.15, 0.2) is 6.10 Å². The number of esters is 1. The zero-order valence-electron chi connectivity index (χ0n) is 10.1. The molecule has 5 nitrogen and oxygen atoms in total. The second-order valence-electron chi connectivity index (χ2n) is 4.09. The Labute approximate surface area is 114 Å². The fourth-order valence-corrected chi connectivity index (χ4v) is 2.08. The Bertz CT molecular complexity index is 410. The number of carbonyl (C=O) groups is 1. The Hall–Kier alpha value is -0.980. The standard InChI is InChI=1S/C12H15BrN2O3/c1-17-12(16)11-8-15(4-5-18-11)7-10-3-2-9(13)6-14-10/h2-3,6,11H,4-5,7-8H2,1H3. The molecule has 1 fully saturated rings. The molecule has 1 aliphatic heterocycles. The molecule has 2 rings (SSSR count). The van der Waals surface area contributed by atoms with Crippen LogP contribution in [0.25, 0.3) is 0 Å². The van der Waals surface area contributed by atoms with Gasteiger partial charge in [-0.3, -0.25) is 9.88 Å². The van der Waals surface area contributed by atoms with Crippen molar-refractivity contribution in [3.05, 3.63) is 28.5 Å². The first-order valence-electron chi connectivity index (χ1n) is 5.71. The molecule has 1 saturated heterocycles. The molecule has 18 heavy (non-hydrogen) atoms. The van der Waals surface area contributed by atoms with Crippen molar-refractivity contribution in [2.24, 2.45) is 0 Å². The lowest BCUT2D eigenvalue weighted by molar-refractivity contribution is -0.160. The van der Waals surface area contributed by atoms with E-state index in [1.54, 1.807) is 6.20 Å². The summed E-state index contributed by atoms with van der Waals surface area (Å²) in [6.45, 7) is 2.59. The van der Waals surface area contributed by atoms with Gasteiger partial charge in [-0.15, -0.1) is 0 Å². The largest absolute Gasteiger partial charge is 0.467 e. The Morgan fingerprint density at radius 2 is 2.50 bits per heavy atom. The van der Waals surface area contributed by atoms with Gasteiger partial charge in [0.2, 0.25) is 0 Å². The molecule has 2 heterocycles. The summed E-state index contributed by atoms with van der Waals surface area (Å²) in [4.78, 5) is 17.9. The highest BCUT2D eigenvalue weighted by Gasteiger charge is 2.27. The molecule has 6 heteroatoms. The minimum atomic E-state index is -0.487. The van der Waals surface area contributed by atoms with E-state index >= 15 is 0 Å². The number of ether oxygens (including phenoxy) is 2. The van der Waals surface area contributed by atoms with Gasteiger partial charge in [-0.2, -0.15) is 0 Å². The Morgan fingerprint density at radius 3 is 3.17 bits per heavy atom. The van der Waals surface area contributed by atoms with E-state index in [1.807, 2.05) is 12.1 Å². The van der Waals surface area contributed by atoms with Crippen molar-refractivity contribution in [3.8, 4) is 0 Å². The first kappa shape index (κ1) is 13.5. The number of carbonyl (C=O) groups excluding carboxylic acids is 1. The molecule has 0 N–H and O–H groups in total. The average molecular weight is 315 g/mol. The monoisotopic (exact) mass is 314 g/mol. The molecule has 0 saturated carbocycles. The van der Waals surface area contributed by atoms with Gasteiger partial charge in [-0.05, 0) is 28.1 Å². The molecular weight excluding hydrogens is 300 g/mol. The summed E-state index contributed by atoms with van der Waals surface area (Å²) >= 11 is 3.35. The summed E-state index contributed by atoms with van der Waals surface area (Å²) in [5.74, 6) is -0.316. The summed E-state index contributed by atoms with van der Waals surface area (Å²) in [5.41, 5.74) is 0.976. The van der Waals surface area contributed by atoms with Crippen LogP contribution in [0, 0.1) is 0 Å². The van der Waals surface area contributed by atoms with Crippen molar-refractivity contribution in [2.45, 2.75) is 12.6 Å². The molecular formula is C12H15BrN2O3. The number of aromatic nitrogens is 1. The number of hydrogen-bond donors (Lipinski definition) is 0. The topological polar surface area (TPSA) is 51.7 Å². The molecule has 0 bridgehead atoms. The minimum absolute atomic E-state index is 0.316. The van der Waals surface area contributed by atoms with Gasteiger partial charge in [0.05, 0.1) is 19.4 Å². The fourth-order valence-electron chi connectivity index (χ4n) is 1.85. The lowest BCUT2D eigenvalue weighted by Crippen LogP contribution is -2.46. The van der Waals surface area contributed by atoms with E-state index < -0.39 is 6.10 Å². The zero-order chi connectivity index (χ0) is 13.0. The quantitative estimate of drug-likeness (QED) is 0.785. The van der Waals surface area contributed by atoms with E-state index in [2.05, 4.69) is 25.8 Å². The van der Waals surface area contributed by atoms with Crippen LogP contribution in [0.5, 0.6) is 0 Å². The Balaban J connectivity index is 1.93. The summed E-state index contributed by atoms with van der Waals surface area (Å²) < 4.78 is 11.0. The van der Waals surface area contributed by atoms with Crippen molar-refractivity contribution >= 4 is 21.9 Å². The lowest BCUT2D eigenvalue weighted by Gasteiger charge is -2.31. The van der Waals surface area contributed by atoms with Gasteiger partial charge < -0.3 is 9.47 Å². The van der Waals surface area contributed by atoms with Gasteiger partial charge in [-0.25, -0.2) is 4.79 Å². The summed E-state index contributed by atoms with van der Waals surface area (Å²) in [6, 6.07) is 3.92. The maximum absolute atomic E-state index is 11.4. The van der Waals surface area contributed by atoms with E-state index in [-0.39, 0.29) is 5.97 Å². The van der Waals surface area contributed by atoms with Crippen molar-refractivity contribution in [3.63, 3.8) is 0 Å². The smallest absolute Gasteiger partial charge is 0.336 e. The number of halogens is 1. The normalized spacial score (nSPS) is 20.7. The average Bonchev–Trinajstić information content (AvgIpc) is 2.41. The second-order valence-corrected chi connectivity index (χ2v) is 5.00. The highest BCUT2D eigenvalue weighted by Crippen LogP contribution is 2.12. The molecule has 98 valence electrons. The van der Waals surface area contributed by atoms with Crippen LogP contribution < -0.4 is 0 Å². The molecule has 1 aromatic rings. The number of rotatable bonds is 3. The Morgan fingerprint density at radius 1 is 1.67 bits per heavy atom. The Kier molecular flexibility index (Phi) is 4.68. The maximum Gasteiger partial charge on any atom is 0.336 e. The van der Waals surface area contributed by atoms with E-state index in [0.717, 1.165) is 16.7 Å². The summed E-state index contributed by atoms with van der Waals surface area (Å²) in [7, 11) is 1.38. The van der Waals surface area contributed by atoms with Crippen LogP contribution >= 0.6 is 15.9 Å². The first-order valence-corrected chi connectivity index (χ1v) is 6.50. The van der Waals surface area contributed by atoms with Crippen LogP contribution in [0.2, 0.25) is 0 Å². The highest BCUT2D eigenvalue weighted by molar-refractivity contribution is 9.10. The predicted octanol–water partition coefficient (Wildman–Crippen LogP) is 1.22. The minimum Gasteiger partial charge on any atom is -0.467 e. The van der Waals surface area contributed by atoms with Gasteiger partial charge >= 0.3 is 5.97 Å².